The van der Waals surface area contributed by atoms with Gasteiger partial charge in [0.05, 0.1) is 13.2 Å². The topological polar surface area (TPSA) is 59.0 Å². The molecule has 0 unspecified atom stereocenters. The maximum absolute atomic E-state index is 8.84. The molecule has 0 aliphatic heterocycles. The lowest BCUT2D eigenvalue weighted by Crippen LogP contribution is -2.31. The Morgan fingerprint density at radius 2 is 2.08 bits per heavy atom. The van der Waals surface area contributed by atoms with Gasteiger partial charge in [-0.1, -0.05) is 18.2 Å². The number of methoxy groups -OCH3 is 1. The number of para-hydroxylation sites is 1. The Labute approximate surface area is 77.7 Å². The van der Waals surface area contributed by atoms with Crippen LogP contribution >= 0.6 is 0 Å². The van der Waals surface area contributed by atoms with Crippen molar-refractivity contribution in [2.75, 3.05) is 7.11 Å². The molecule has 0 bridgehead atoms. The molecule has 0 radical (unpaired) electrons. The molecule has 0 saturated carbocycles. The van der Waals surface area contributed by atoms with E-state index in [0.717, 1.165) is 0 Å². The van der Waals surface area contributed by atoms with Crippen LogP contribution in [0.25, 0.3) is 0 Å². The van der Waals surface area contributed by atoms with Crippen molar-refractivity contribution in [2.45, 2.75) is 12.5 Å². The van der Waals surface area contributed by atoms with Crippen LogP contribution in [0.3, 0.4) is 0 Å². The highest BCUT2D eigenvalue weighted by molar-refractivity contribution is 5.41. The summed E-state index contributed by atoms with van der Waals surface area (Å²) < 4.78 is 5.10. The highest BCUT2D eigenvalue weighted by Crippen LogP contribution is 2.26. The predicted octanol–water partition coefficient (Wildman–Crippen LogP) is 1.39. The molecule has 1 atom stereocenters. The molecule has 3 heteroatoms. The third-order valence-electron chi connectivity index (χ3n) is 1.90. The van der Waals surface area contributed by atoms with Gasteiger partial charge >= 0.3 is 0 Å². The molecule has 1 rings (SSSR count). The zero-order valence-corrected chi connectivity index (χ0v) is 7.74. The Hall–Kier alpha value is -1.53. The van der Waals surface area contributed by atoms with E-state index in [2.05, 4.69) is 0 Å². The zero-order chi connectivity index (χ0) is 9.90. The van der Waals surface area contributed by atoms with Gasteiger partial charge in [0.25, 0.3) is 0 Å². The van der Waals surface area contributed by atoms with Crippen molar-refractivity contribution in [3.05, 3.63) is 29.8 Å². The second-order valence-corrected chi connectivity index (χ2v) is 3.01. The number of benzene rings is 1. The minimum Gasteiger partial charge on any atom is -0.496 e. The molecule has 13 heavy (non-hydrogen) atoms. The van der Waals surface area contributed by atoms with Crippen LogP contribution in [-0.4, -0.2) is 7.11 Å². The van der Waals surface area contributed by atoms with E-state index in [4.69, 9.17) is 15.7 Å². The van der Waals surface area contributed by atoms with Gasteiger partial charge in [0, 0.05) is 5.56 Å². The Bertz CT molecular complexity index is 339. The van der Waals surface area contributed by atoms with Crippen LogP contribution in [0, 0.1) is 11.3 Å². The fourth-order valence-corrected chi connectivity index (χ4v) is 1.13. The number of nitriles is 1. The van der Waals surface area contributed by atoms with Gasteiger partial charge < -0.3 is 10.5 Å². The smallest absolute Gasteiger partial charge is 0.130 e. The molecule has 0 aliphatic rings. The van der Waals surface area contributed by atoms with Crippen molar-refractivity contribution in [3.63, 3.8) is 0 Å². The first-order chi connectivity index (χ1) is 6.11. The maximum Gasteiger partial charge on any atom is 0.130 e. The quantitative estimate of drug-likeness (QED) is 0.740. The monoisotopic (exact) mass is 176 g/mol. The van der Waals surface area contributed by atoms with E-state index in [9.17, 15) is 0 Å². The van der Waals surface area contributed by atoms with Gasteiger partial charge in [-0.2, -0.15) is 5.26 Å². The van der Waals surface area contributed by atoms with Crippen molar-refractivity contribution in [3.8, 4) is 11.8 Å². The highest BCUT2D eigenvalue weighted by atomic mass is 16.5. The molecule has 1 aromatic carbocycles. The summed E-state index contributed by atoms with van der Waals surface area (Å²) in [4.78, 5) is 0. The number of ether oxygens (including phenoxy) is 1. The van der Waals surface area contributed by atoms with E-state index in [0.29, 0.717) is 11.3 Å². The number of hydrogen-bond donors (Lipinski definition) is 1. The van der Waals surface area contributed by atoms with E-state index < -0.39 is 5.54 Å². The largest absolute Gasteiger partial charge is 0.496 e. The molecule has 3 nitrogen and oxygen atoms in total. The minimum atomic E-state index is -0.993. The first kappa shape index (κ1) is 9.56. The van der Waals surface area contributed by atoms with Gasteiger partial charge in [0.2, 0.25) is 0 Å². The summed E-state index contributed by atoms with van der Waals surface area (Å²) >= 11 is 0. The standard InChI is InChI=1S/C10H12N2O/c1-10(12,7-11)8-5-3-4-6-9(8)13-2/h3-6H,12H2,1-2H3/t10-/m0/s1. The van der Waals surface area contributed by atoms with Crippen molar-refractivity contribution >= 4 is 0 Å². The van der Waals surface area contributed by atoms with Crippen molar-refractivity contribution in [1.29, 1.82) is 5.26 Å². The maximum atomic E-state index is 8.84. The average molecular weight is 176 g/mol. The lowest BCUT2D eigenvalue weighted by atomic mass is 9.94. The van der Waals surface area contributed by atoms with E-state index in [-0.39, 0.29) is 0 Å². The van der Waals surface area contributed by atoms with E-state index in [1.165, 1.54) is 0 Å². The van der Waals surface area contributed by atoms with Crippen LogP contribution in [0.4, 0.5) is 0 Å². The van der Waals surface area contributed by atoms with Crippen LogP contribution in [0.15, 0.2) is 24.3 Å². The molecular weight excluding hydrogens is 164 g/mol. The van der Waals surface area contributed by atoms with Crippen LogP contribution in [0.1, 0.15) is 12.5 Å². The van der Waals surface area contributed by atoms with Crippen molar-refractivity contribution in [2.24, 2.45) is 5.73 Å². The molecule has 0 saturated heterocycles. The summed E-state index contributed by atoms with van der Waals surface area (Å²) in [6, 6.07) is 9.29. The molecule has 0 aromatic heterocycles. The fraction of sp³-hybridized carbons (Fsp3) is 0.300. The number of nitrogens with two attached hydrogens (primary N) is 1. The lowest BCUT2D eigenvalue weighted by Gasteiger charge is -2.18. The first-order valence-corrected chi connectivity index (χ1v) is 3.95. The van der Waals surface area contributed by atoms with Crippen molar-refractivity contribution < 1.29 is 4.74 Å². The Morgan fingerprint density at radius 3 is 2.62 bits per heavy atom. The molecule has 0 amide bonds. The van der Waals surface area contributed by atoms with Crippen LogP contribution in [-0.2, 0) is 5.54 Å². The summed E-state index contributed by atoms with van der Waals surface area (Å²) in [7, 11) is 1.56. The molecule has 0 aliphatic carbocycles. The fourth-order valence-electron chi connectivity index (χ4n) is 1.13. The Kier molecular flexibility index (Phi) is 2.54. The van der Waals surface area contributed by atoms with Gasteiger partial charge in [-0.05, 0) is 13.0 Å². The predicted molar refractivity (Wildman–Crippen MR) is 50.1 cm³/mol. The van der Waals surface area contributed by atoms with Gasteiger partial charge in [0.1, 0.15) is 11.3 Å². The second kappa shape index (κ2) is 3.46. The molecule has 0 spiro atoms. The summed E-state index contributed by atoms with van der Waals surface area (Å²) in [6.45, 7) is 1.66. The van der Waals surface area contributed by atoms with Crippen LogP contribution < -0.4 is 10.5 Å². The van der Waals surface area contributed by atoms with E-state index >= 15 is 0 Å². The molecule has 0 fully saturated rings. The number of rotatable bonds is 2. The highest BCUT2D eigenvalue weighted by Gasteiger charge is 2.23. The van der Waals surface area contributed by atoms with Crippen LogP contribution in [0.2, 0.25) is 0 Å². The molecular formula is C10H12N2O. The SMILES string of the molecule is COc1ccccc1[C@@](C)(N)C#N. The molecule has 1 aromatic rings. The zero-order valence-electron chi connectivity index (χ0n) is 7.74. The van der Waals surface area contributed by atoms with Gasteiger partial charge in [-0.25, -0.2) is 0 Å². The average Bonchev–Trinajstić information content (AvgIpc) is 2.18. The second-order valence-electron chi connectivity index (χ2n) is 3.01. The van der Waals surface area contributed by atoms with Gasteiger partial charge in [0.15, 0.2) is 0 Å². The molecule has 0 heterocycles. The molecule has 68 valence electrons. The summed E-state index contributed by atoms with van der Waals surface area (Å²) in [6.07, 6.45) is 0. The van der Waals surface area contributed by atoms with Gasteiger partial charge in [-0.3, -0.25) is 0 Å². The number of hydrogen-bond acceptors (Lipinski definition) is 3. The normalized spacial score (nSPS) is 14.3. The summed E-state index contributed by atoms with van der Waals surface area (Å²) in [5.74, 6) is 0.647. The van der Waals surface area contributed by atoms with E-state index in [1.54, 1.807) is 26.2 Å². The minimum absolute atomic E-state index is 0.647. The molecule has 2 N–H and O–H groups in total. The first-order valence-electron chi connectivity index (χ1n) is 3.95. The third-order valence-corrected chi connectivity index (χ3v) is 1.90. The van der Waals surface area contributed by atoms with Crippen molar-refractivity contribution in [1.82, 2.24) is 0 Å². The summed E-state index contributed by atoms with van der Waals surface area (Å²) in [5.41, 5.74) is 5.49. The summed E-state index contributed by atoms with van der Waals surface area (Å²) in [5, 5.41) is 8.84. The Morgan fingerprint density at radius 1 is 1.46 bits per heavy atom. The van der Waals surface area contributed by atoms with Gasteiger partial charge in [-0.15, -0.1) is 0 Å². The lowest BCUT2D eigenvalue weighted by molar-refractivity contribution is 0.401. The Balaban J connectivity index is 3.22. The van der Waals surface area contributed by atoms with E-state index in [1.807, 2.05) is 18.2 Å². The number of nitrogens with zero attached hydrogens (tertiary/aromatic N) is 1. The third kappa shape index (κ3) is 1.79. The van der Waals surface area contributed by atoms with Crippen LogP contribution in [0.5, 0.6) is 5.75 Å².